The fourth-order valence-electron chi connectivity index (χ4n) is 2.61. The third-order valence-electron chi connectivity index (χ3n) is 3.80. The summed E-state index contributed by atoms with van der Waals surface area (Å²) < 4.78 is 10.7. The van der Waals surface area contributed by atoms with E-state index in [1.54, 1.807) is 20.2 Å². The molecule has 0 aliphatic heterocycles. The highest BCUT2D eigenvalue weighted by atomic mass is 16.5. The summed E-state index contributed by atoms with van der Waals surface area (Å²) in [5.41, 5.74) is 1.89. The van der Waals surface area contributed by atoms with E-state index in [2.05, 4.69) is 27.4 Å². The molecule has 6 heteroatoms. The molecule has 2 heterocycles. The lowest BCUT2D eigenvalue weighted by Crippen LogP contribution is -2.27. The van der Waals surface area contributed by atoms with Crippen LogP contribution in [0.3, 0.4) is 0 Å². The number of benzene rings is 1. The van der Waals surface area contributed by atoms with Crippen LogP contribution in [-0.4, -0.2) is 22.2 Å². The summed E-state index contributed by atoms with van der Waals surface area (Å²) in [5.74, 6) is 1.86. The fraction of sp³-hybridized carbons (Fsp3) is 0.278. The Hall–Kier alpha value is -2.73. The van der Waals surface area contributed by atoms with Crippen LogP contribution in [0.2, 0.25) is 0 Å². The number of aromatic nitrogens is 3. The molecule has 6 nitrogen and oxygen atoms in total. The van der Waals surface area contributed by atoms with Crippen molar-refractivity contribution in [3.63, 3.8) is 0 Å². The van der Waals surface area contributed by atoms with Gasteiger partial charge in [0.1, 0.15) is 11.8 Å². The Kier molecular flexibility index (Phi) is 4.86. The number of pyridine rings is 1. The molecular formula is C18H20N4O2. The maximum atomic E-state index is 5.50. The minimum absolute atomic E-state index is 0.0000756. The first-order chi connectivity index (χ1) is 11.7. The molecule has 0 aliphatic carbocycles. The highest BCUT2D eigenvalue weighted by molar-refractivity contribution is 5.39. The molecule has 24 heavy (non-hydrogen) atoms. The van der Waals surface area contributed by atoms with Crippen LogP contribution in [0.25, 0.3) is 0 Å². The zero-order chi connectivity index (χ0) is 16.9. The molecule has 3 rings (SSSR count). The largest absolute Gasteiger partial charge is 0.496 e. The van der Waals surface area contributed by atoms with Gasteiger partial charge in [0.15, 0.2) is 5.82 Å². The number of nitrogens with one attached hydrogen (secondary N) is 1. The number of ether oxygens (including phenoxy) is 1. The highest BCUT2D eigenvalue weighted by Gasteiger charge is 2.25. The molecule has 2 aromatic heterocycles. The summed E-state index contributed by atoms with van der Waals surface area (Å²) in [7, 11) is 1.65. The summed E-state index contributed by atoms with van der Waals surface area (Å²) in [6.45, 7) is 3.83. The van der Waals surface area contributed by atoms with Gasteiger partial charge in [-0.3, -0.25) is 10.3 Å². The Morgan fingerprint density at radius 2 is 1.92 bits per heavy atom. The van der Waals surface area contributed by atoms with Gasteiger partial charge in [-0.2, -0.15) is 4.98 Å². The summed E-state index contributed by atoms with van der Waals surface area (Å²) in [6, 6.07) is 13.4. The van der Waals surface area contributed by atoms with Gasteiger partial charge in [-0.25, -0.2) is 0 Å². The average Bonchev–Trinajstić information content (AvgIpc) is 3.06. The lowest BCUT2D eigenvalue weighted by atomic mass is 10.0. The zero-order valence-electron chi connectivity index (χ0n) is 13.9. The molecule has 0 amide bonds. The van der Waals surface area contributed by atoms with Crippen LogP contribution in [0.1, 0.15) is 42.0 Å². The third kappa shape index (κ3) is 3.44. The normalized spacial score (nSPS) is 13.5. The molecule has 124 valence electrons. The second-order valence-electron chi connectivity index (χ2n) is 5.49. The van der Waals surface area contributed by atoms with Crippen molar-refractivity contribution in [2.45, 2.75) is 25.9 Å². The number of methoxy groups -OCH3 is 1. The van der Waals surface area contributed by atoms with Crippen molar-refractivity contribution in [2.24, 2.45) is 0 Å². The topological polar surface area (TPSA) is 73.1 Å². The molecule has 0 unspecified atom stereocenters. The number of nitrogens with zero attached hydrogens (tertiary/aromatic N) is 3. The van der Waals surface area contributed by atoms with Crippen LogP contribution in [0, 0.1) is 6.92 Å². The van der Waals surface area contributed by atoms with E-state index in [4.69, 9.17) is 9.26 Å². The molecule has 1 aromatic carbocycles. The predicted octanol–water partition coefficient (Wildman–Crippen LogP) is 3.22. The van der Waals surface area contributed by atoms with E-state index in [0.29, 0.717) is 11.7 Å². The summed E-state index contributed by atoms with van der Waals surface area (Å²) in [4.78, 5) is 8.80. The van der Waals surface area contributed by atoms with Gasteiger partial charge in [0.2, 0.25) is 5.89 Å². The van der Waals surface area contributed by atoms with Crippen molar-refractivity contribution < 1.29 is 9.26 Å². The predicted molar refractivity (Wildman–Crippen MR) is 89.7 cm³/mol. The van der Waals surface area contributed by atoms with Gasteiger partial charge in [0, 0.05) is 24.7 Å². The molecule has 0 bridgehead atoms. The van der Waals surface area contributed by atoms with Crippen LogP contribution >= 0.6 is 0 Å². The van der Waals surface area contributed by atoms with Crippen LogP contribution in [0.4, 0.5) is 0 Å². The number of rotatable bonds is 6. The van der Waals surface area contributed by atoms with E-state index in [1.807, 2.05) is 42.5 Å². The van der Waals surface area contributed by atoms with Crippen LogP contribution in [0.15, 0.2) is 53.2 Å². The minimum Gasteiger partial charge on any atom is -0.496 e. The first-order valence-electron chi connectivity index (χ1n) is 7.79. The van der Waals surface area contributed by atoms with Crippen LogP contribution in [-0.2, 0) is 0 Å². The Morgan fingerprint density at radius 1 is 1.12 bits per heavy atom. The van der Waals surface area contributed by atoms with Crippen LogP contribution < -0.4 is 10.1 Å². The van der Waals surface area contributed by atoms with Gasteiger partial charge in [-0.1, -0.05) is 29.4 Å². The monoisotopic (exact) mass is 324 g/mol. The Bertz CT molecular complexity index is 788. The van der Waals surface area contributed by atoms with E-state index in [0.717, 1.165) is 17.0 Å². The maximum absolute atomic E-state index is 5.50. The summed E-state index contributed by atoms with van der Waals surface area (Å²) >= 11 is 0. The van der Waals surface area contributed by atoms with Gasteiger partial charge in [-0.15, -0.1) is 0 Å². The molecule has 0 fully saturated rings. The molecule has 0 spiro atoms. The second-order valence-corrected chi connectivity index (χ2v) is 5.49. The number of hydrogen-bond donors (Lipinski definition) is 1. The van der Waals surface area contributed by atoms with Crippen LogP contribution in [0.5, 0.6) is 5.75 Å². The van der Waals surface area contributed by atoms with Gasteiger partial charge in [0.25, 0.3) is 0 Å². The van der Waals surface area contributed by atoms with E-state index in [9.17, 15) is 0 Å². The molecule has 0 saturated carbocycles. The van der Waals surface area contributed by atoms with E-state index >= 15 is 0 Å². The minimum atomic E-state index is -0.268. The molecule has 1 N–H and O–H groups in total. The van der Waals surface area contributed by atoms with Crippen molar-refractivity contribution in [1.29, 1.82) is 0 Å². The maximum Gasteiger partial charge on any atom is 0.223 e. The average molecular weight is 324 g/mol. The second kappa shape index (κ2) is 7.23. The fourth-order valence-corrected chi connectivity index (χ4v) is 2.61. The van der Waals surface area contributed by atoms with Gasteiger partial charge >= 0.3 is 0 Å². The molecule has 0 radical (unpaired) electrons. The number of aryl methyl sites for hydroxylation is 1. The van der Waals surface area contributed by atoms with Crippen molar-refractivity contribution in [2.75, 3.05) is 7.11 Å². The number of para-hydroxylation sites is 1. The van der Waals surface area contributed by atoms with Crippen molar-refractivity contribution in [3.05, 3.63) is 71.6 Å². The molecule has 0 aliphatic rings. The Balaban J connectivity index is 1.96. The summed E-state index contributed by atoms with van der Waals surface area (Å²) in [5, 5.41) is 7.62. The zero-order valence-corrected chi connectivity index (χ0v) is 13.9. The molecule has 3 aromatic rings. The lowest BCUT2D eigenvalue weighted by Gasteiger charge is -2.22. The van der Waals surface area contributed by atoms with E-state index in [-0.39, 0.29) is 12.1 Å². The van der Waals surface area contributed by atoms with Crippen molar-refractivity contribution >= 4 is 0 Å². The van der Waals surface area contributed by atoms with Gasteiger partial charge in [-0.05, 0) is 25.1 Å². The first-order valence-corrected chi connectivity index (χ1v) is 7.79. The molecular weight excluding hydrogens is 304 g/mol. The third-order valence-corrected chi connectivity index (χ3v) is 3.80. The smallest absolute Gasteiger partial charge is 0.223 e. The standard InChI is InChI=1S/C18H20N4O2/c1-12(15-9-6-7-11-19-15)20-17(18-21-13(2)24-22-18)14-8-4-5-10-16(14)23-3/h4-12,17,20H,1-3H3/t12-,17+/m0/s1. The van der Waals surface area contributed by atoms with Gasteiger partial charge in [0.05, 0.1) is 12.8 Å². The van der Waals surface area contributed by atoms with Gasteiger partial charge < -0.3 is 9.26 Å². The van der Waals surface area contributed by atoms with E-state index in [1.165, 1.54) is 0 Å². The molecule has 0 saturated heterocycles. The highest BCUT2D eigenvalue weighted by Crippen LogP contribution is 2.30. The quantitative estimate of drug-likeness (QED) is 0.750. The SMILES string of the molecule is COc1ccccc1[C@@H](N[C@@H](C)c1ccccn1)c1noc(C)n1. The van der Waals surface area contributed by atoms with Crippen molar-refractivity contribution in [1.82, 2.24) is 20.4 Å². The Labute approximate surface area is 140 Å². The van der Waals surface area contributed by atoms with Crippen molar-refractivity contribution in [3.8, 4) is 5.75 Å². The number of hydrogen-bond acceptors (Lipinski definition) is 6. The first kappa shape index (κ1) is 16.1. The Morgan fingerprint density at radius 3 is 2.58 bits per heavy atom. The lowest BCUT2D eigenvalue weighted by molar-refractivity contribution is 0.371. The summed E-state index contributed by atoms with van der Waals surface area (Å²) in [6.07, 6.45) is 1.78. The molecule has 2 atom stereocenters. The van der Waals surface area contributed by atoms with E-state index < -0.39 is 0 Å².